The van der Waals surface area contributed by atoms with Crippen molar-refractivity contribution in [1.29, 1.82) is 0 Å². The average molecular weight is 527 g/mol. The van der Waals surface area contributed by atoms with Gasteiger partial charge in [0.05, 0.1) is 0 Å². The molecule has 0 N–H and O–H groups in total. The fraction of sp³-hybridized carbons (Fsp3) is 0.806. The maximum atomic E-state index is 4.68. The van der Waals surface area contributed by atoms with Gasteiger partial charge in [-0.05, 0) is 97.2 Å². The largest absolute Gasteiger partial charge is 0.143 e. The van der Waals surface area contributed by atoms with E-state index in [1.165, 1.54) is 88.3 Å². The lowest BCUT2D eigenvalue weighted by atomic mass is 9.84. The molecular weight excluding hydrogens is 466 g/mol. The number of unbranched alkanes of at least 4 members (excludes halogenated alkanes) is 4. The highest BCUT2D eigenvalue weighted by molar-refractivity contribution is 7.80. The molecule has 0 aliphatic heterocycles. The minimum absolute atomic E-state index is 0.149. The predicted molar refractivity (Wildman–Crippen MR) is 168 cm³/mol. The van der Waals surface area contributed by atoms with E-state index in [0.717, 1.165) is 10.8 Å². The number of rotatable bonds is 16. The summed E-state index contributed by atoms with van der Waals surface area (Å²) in [5.41, 5.74) is 3.80. The van der Waals surface area contributed by atoms with E-state index in [0.29, 0.717) is 5.41 Å². The van der Waals surface area contributed by atoms with Gasteiger partial charge in [0.25, 0.3) is 0 Å². The molecule has 0 radical (unpaired) electrons. The zero-order valence-electron chi connectivity index (χ0n) is 24.6. The number of hydrogen-bond acceptors (Lipinski definition) is 1. The smallest absolute Gasteiger partial charge is 0.00430 e. The number of benzene rings is 1. The van der Waals surface area contributed by atoms with Crippen LogP contribution in [0.5, 0.6) is 0 Å². The minimum atomic E-state index is 0.149. The first-order chi connectivity index (χ1) is 16.1. The van der Waals surface area contributed by atoms with Crippen LogP contribution in [0.25, 0.3) is 0 Å². The number of thiol groups is 1. The van der Waals surface area contributed by atoms with Crippen molar-refractivity contribution in [1.82, 2.24) is 0 Å². The molecule has 200 valence electrons. The molecule has 0 aliphatic rings. The molecule has 0 atom stereocenters. The van der Waals surface area contributed by atoms with E-state index in [9.17, 15) is 0 Å². The molecular formula is C31H60P2S. The molecule has 0 saturated heterocycles. The third-order valence-corrected chi connectivity index (χ3v) is 12.7. The van der Waals surface area contributed by atoms with Crippen LogP contribution >= 0.6 is 28.5 Å². The molecule has 0 bridgehead atoms. The van der Waals surface area contributed by atoms with Gasteiger partial charge in [-0.1, -0.05) is 94.1 Å². The molecule has 34 heavy (non-hydrogen) atoms. The SMILES string of the molecule is CC(C)C(C)(C)C.CCCCP(CCCC)Cc1ccc(S)cc1CP(CCCC)CCCC. The molecule has 0 nitrogen and oxygen atoms in total. The maximum Gasteiger partial charge on any atom is 0.00430 e. The Hall–Kier alpha value is 0.430. The van der Waals surface area contributed by atoms with Crippen molar-refractivity contribution in [3.8, 4) is 0 Å². The predicted octanol–water partition coefficient (Wildman–Crippen LogP) is 11.8. The lowest BCUT2D eigenvalue weighted by Crippen LogP contribution is -2.12. The molecule has 0 amide bonds. The van der Waals surface area contributed by atoms with Gasteiger partial charge in [0.2, 0.25) is 0 Å². The van der Waals surface area contributed by atoms with Crippen LogP contribution in [0.4, 0.5) is 0 Å². The van der Waals surface area contributed by atoms with Gasteiger partial charge in [-0.25, -0.2) is 0 Å². The molecule has 0 saturated carbocycles. The van der Waals surface area contributed by atoms with Crippen LogP contribution in [-0.2, 0) is 12.3 Å². The maximum absolute atomic E-state index is 4.68. The molecule has 1 rings (SSSR count). The van der Waals surface area contributed by atoms with Gasteiger partial charge in [-0.3, -0.25) is 0 Å². The van der Waals surface area contributed by atoms with Crippen molar-refractivity contribution in [2.75, 3.05) is 24.6 Å². The van der Waals surface area contributed by atoms with Crippen LogP contribution in [0.15, 0.2) is 23.1 Å². The third kappa shape index (κ3) is 17.0. The van der Waals surface area contributed by atoms with E-state index in [2.05, 4.69) is 93.1 Å². The topological polar surface area (TPSA) is 0 Å². The van der Waals surface area contributed by atoms with Crippen LogP contribution in [-0.4, -0.2) is 24.6 Å². The van der Waals surface area contributed by atoms with E-state index < -0.39 is 0 Å². The van der Waals surface area contributed by atoms with Gasteiger partial charge < -0.3 is 0 Å². The highest BCUT2D eigenvalue weighted by atomic mass is 32.1. The first-order valence-corrected chi connectivity index (χ1v) is 18.6. The first kappa shape index (κ1) is 34.4. The van der Waals surface area contributed by atoms with Gasteiger partial charge in [0, 0.05) is 4.90 Å². The van der Waals surface area contributed by atoms with E-state index in [1.54, 1.807) is 11.1 Å². The summed E-state index contributed by atoms with van der Waals surface area (Å²) in [6.07, 6.45) is 19.5. The molecule has 1 aromatic rings. The molecule has 1 aromatic carbocycles. The summed E-state index contributed by atoms with van der Waals surface area (Å²) < 4.78 is 0. The van der Waals surface area contributed by atoms with Crippen LogP contribution in [0, 0.1) is 11.3 Å². The van der Waals surface area contributed by atoms with E-state index >= 15 is 0 Å². The Morgan fingerprint density at radius 2 is 1.03 bits per heavy atom. The van der Waals surface area contributed by atoms with E-state index in [1.807, 2.05) is 0 Å². The lowest BCUT2D eigenvalue weighted by Gasteiger charge is -2.23. The van der Waals surface area contributed by atoms with Crippen molar-refractivity contribution in [2.45, 2.75) is 131 Å². The molecule has 0 aromatic heterocycles. The Kier molecular flexibility index (Phi) is 20.7. The average Bonchev–Trinajstić information content (AvgIpc) is 2.78. The fourth-order valence-electron chi connectivity index (χ4n) is 3.46. The summed E-state index contributed by atoms with van der Waals surface area (Å²) in [7, 11) is 0.310. The Morgan fingerprint density at radius 3 is 1.35 bits per heavy atom. The lowest BCUT2D eigenvalue weighted by molar-refractivity contribution is 0.283. The Balaban J connectivity index is 0.00000135. The highest BCUT2D eigenvalue weighted by Gasteiger charge is 2.15. The van der Waals surface area contributed by atoms with Crippen LogP contribution < -0.4 is 0 Å². The summed E-state index contributed by atoms with van der Waals surface area (Å²) >= 11 is 4.68. The summed E-state index contributed by atoms with van der Waals surface area (Å²) in [5.74, 6) is 0.799. The summed E-state index contributed by atoms with van der Waals surface area (Å²) in [6, 6.07) is 7.05. The molecule has 0 unspecified atom stereocenters. The van der Waals surface area contributed by atoms with Gasteiger partial charge in [0.15, 0.2) is 0 Å². The second-order valence-electron chi connectivity index (χ2n) is 11.4. The number of hydrogen-bond donors (Lipinski definition) is 1. The van der Waals surface area contributed by atoms with Gasteiger partial charge in [-0.15, -0.1) is 28.5 Å². The van der Waals surface area contributed by atoms with Gasteiger partial charge >= 0.3 is 0 Å². The highest BCUT2D eigenvalue weighted by Crippen LogP contribution is 2.46. The molecule has 0 aliphatic carbocycles. The van der Waals surface area contributed by atoms with Crippen molar-refractivity contribution < 1.29 is 0 Å². The van der Waals surface area contributed by atoms with Gasteiger partial charge in [0.1, 0.15) is 0 Å². The Bertz CT molecular complexity index is 590. The first-order valence-electron chi connectivity index (χ1n) is 14.3. The van der Waals surface area contributed by atoms with Gasteiger partial charge in [-0.2, -0.15) is 0 Å². The molecule has 0 fully saturated rings. The molecule has 0 heterocycles. The second-order valence-corrected chi connectivity index (χ2v) is 17.1. The van der Waals surface area contributed by atoms with Crippen LogP contribution in [0.2, 0.25) is 0 Å². The molecule has 3 heteroatoms. The Labute approximate surface area is 224 Å². The van der Waals surface area contributed by atoms with E-state index in [-0.39, 0.29) is 15.8 Å². The monoisotopic (exact) mass is 526 g/mol. The third-order valence-electron chi connectivity index (χ3n) is 7.02. The van der Waals surface area contributed by atoms with Crippen molar-refractivity contribution >= 4 is 28.5 Å². The van der Waals surface area contributed by atoms with Crippen LogP contribution in [0.1, 0.15) is 125 Å². The van der Waals surface area contributed by atoms with Crippen molar-refractivity contribution in [3.63, 3.8) is 0 Å². The minimum Gasteiger partial charge on any atom is -0.143 e. The summed E-state index contributed by atoms with van der Waals surface area (Å²) in [4.78, 5) is 1.15. The summed E-state index contributed by atoms with van der Waals surface area (Å²) in [6.45, 7) is 20.6. The zero-order valence-corrected chi connectivity index (χ0v) is 27.2. The summed E-state index contributed by atoms with van der Waals surface area (Å²) in [5, 5.41) is 0. The zero-order chi connectivity index (χ0) is 26.0. The van der Waals surface area contributed by atoms with E-state index in [4.69, 9.17) is 0 Å². The molecule has 0 spiro atoms. The standard InChI is InChI=1S/C24H44P2S.C7H16/c1-5-9-15-25(16-10-6-2)20-22-13-14-24(27)19-23(22)21-26(17-11-7-3)18-12-8-4;1-6(2)7(3,4)5/h13-14,19,27H,5-12,15-18,20-21H2,1-4H3;6H,1-5H3. The van der Waals surface area contributed by atoms with Crippen molar-refractivity contribution in [3.05, 3.63) is 29.3 Å². The fourth-order valence-corrected chi connectivity index (χ4v) is 9.39. The van der Waals surface area contributed by atoms with Crippen molar-refractivity contribution in [2.24, 2.45) is 11.3 Å². The Morgan fingerprint density at radius 1 is 0.676 bits per heavy atom. The second kappa shape index (κ2) is 20.5. The quantitative estimate of drug-likeness (QED) is 0.161. The van der Waals surface area contributed by atoms with Crippen LogP contribution in [0.3, 0.4) is 0 Å². The normalized spacial score (nSPS) is 11.9.